The summed E-state index contributed by atoms with van der Waals surface area (Å²) in [4.78, 5) is 24.7. The van der Waals surface area contributed by atoms with Gasteiger partial charge in [0.2, 0.25) is 0 Å². The molecule has 0 unspecified atom stereocenters. The van der Waals surface area contributed by atoms with Gasteiger partial charge in [0, 0.05) is 12.1 Å². The van der Waals surface area contributed by atoms with Gasteiger partial charge < -0.3 is 10.0 Å². The molecule has 0 bridgehead atoms. The van der Waals surface area contributed by atoms with E-state index in [1.54, 1.807) is 0 Å². The number of carbonyl (C=O) groups is 2. The van der Waals surface area contributed by atoms with Crippen LogP contribution in [0.3, 0.4) is 0 Å². The molecule has 19 heavy (non-hydrogen) atoms. The predicted molar refractivity (Wildman–Crippen MR) is 74.5 cm³/mol. The minimum absolute atomic E-state index is 0.195. The van der Waals surface area contributed by atoms with Crippen molar-refractivity contribution in [2.75, 3.05) is 13.1 Å². The number of carboxylic acids is 1. The van der Waals surface area contributed by atoms with Gasteiger partial charge >= 0.3 is 5.97 Å². The molecule has 0 atom stereocenters. The van der Waals surface area contributed by atoms with Crippen LogP contribution in [0, 0.1) is 20.8 Å². The summed E-state index contributed by atoms with van der Waals surface area (Å²) in [6, 6.07) is 3.90. The number of carboxylic acid groups (broad SMARTS) is 1. The molecular formula is C15H21NO3. The number of nitrogens with zero attached hydrogens (tertiary/aromatic N) is 1. The molecule has 4 heteroatoms. The fraction of sp³-hybridized carbons (Fsp3) is 0.467. The summed E-state index contributed by atoms with van der Waals surface area (Å²) in [6.45, 7) is 7.89. The van der Waals surface area contributed by atoms with Gasteiger partial charge in [-0.25, -0.2) is 0 Å². The Bertz CT molecular complexity index is 471. The van der Waals surface area contributed by atoms with E-state index >= 15 is 0 Å². The number of amides is 1. The summed E-state index contributed by atoms with van der Waals surface area (Å²) in [7, 11) is 0. The van der Waals surface area contributed by atoms with Crippen LogP contribution >= 0.6 is 0 Å². The molecule has 0 heterocycles. The molecule has 0 aliphatic carbocycles. The number of aryl methyl sites for hydroxylation is 3. The summed E-state index contributed by atoms with van der Waals surface area (Å²) in [6.07, 6.45) is 0.739. The van der Waals surface area contributed by atoms with Gasteiger partial charge in [0.05, 0.1) is 0 Å². The average Bonchev–Trinajstić information content (AvgIpc) is 2.26. The maximum absolute atomic E-state index is 12.5. The summed E-state index contributed by atoms with van der Waals surface area (Å²) in [5.74, 6) is -1.18. The molecule has 0 radical (unpaired) electrons. The lowest BCUT2D eigenvalue weighted by Gasteiger charge is -2.22. The highest BCUT2D eigenvalue weighted by Crippen LogP contribution is 2.18. The largest absolute Gasteiger partial charge is 0.480 e. The van der Waals surface area contributed by atoms with Gasteiger partial charge in [-0.05, 0) is 38.3 Å². The molecule has 0 aromatic heterocycles. The molecule has 1 N–H and O–H groups in total. The molecule has 104 valence electrons. The number of carbonyl (C=O) groups excluding carboxylic acids is 1. The van der Waals surface area contributed by atoms with Gasteiger partial charge in [-0.15, -0.1) is 0 Å². The molecule has 0 saturated heterocycles. The first-order valence-corrected chi connectivity index (χ1v) is 6.45. The lowest BCUT2D eigenvalue weighted by molar-refractivity contribution is -0.137. The second-order valence-electron chi connectivity index (χ2n) is 4.89. The Morgan fingerprint density at radius 2 is 1.68 bits per heavy atom. The normalized spacial score (nSPS) is 10.3. The van der Waals surface area contributed by atoms with Crippen LogP contribution in [-0.4, -0.2) is 35.0 Å². The van der Waals surface area contributed by atoms with Crippen LogP contribution < -0.4 is 0 Å². The second kappa shape index (κ2) is 6.36. The van der Waals surface area contributed by atoms with Crippen molar-refractivity contribution < 1.29 is 14.7 Å². The third-order valence-corrected chi connectivity index (χ3v) is 3.00. The van der Waals surface area contributed by atoms with E-state index in [4.69, 9.17) is 5.11 Å². The van der Waals surface area contributed by atoms with E-state index < -0.39 is 5.97 Å². The van der Waals surface area contributed by atoms with Crippen molar-refractivity contribution in [3.05, 3.63) is 34.4 Å². The molecule has 0 fully saturated rings. The van der Waals surface area contributed by atoms with E-state index in [-0.39, 0.29) is 12.5 Å². The van der Waals surface area contributed by atoms with E-state index in [1.165, 1.54) is 4.90 Å². The number of benzene rings is 1. The lowest BCUT2D eigenvalue weighted by Crippen LogP contribution is -2.37. The maximum Gasteiger partial charge on any atom is 0.323 e. The molecule has 0 spiro atoms. The first-order chi connectivity index (χ1) is 8.86. The highest BCUT2D eigenvalue weighted by atomic mass is 16.4. The molecule has 1 aromatic rings. The van der Waals surface area contributed by atoms with Gasteiger partial charge in [-0.2, -0.15) is 0 Å². The van der Waals surface area contributed by atoms with Crippen molar-refractivity contribution in [1.29, 1.82) is 0 Å². The molecule has 1 aromatic carbocycles. The first-order valence-electron chi connectivity index (χ1n) is 6.45. The minimum Gasteiger partial charge on any atom is -0.480 e. The lowest BCUT2D eigenvalue weighted by atomic mass is 9.98. The molecule has 4 nitrogen and oxygen atoms in total. The molecule has 1 amide bonds. The summed E-state index contributed by atoms with van der Waals surface area (Å²) in [5, 5.41) is 8.90. The Labute approximate surface area is 114 Å². The molecule has 1 rings (SSSR count). The highest BCUT2D eigenvalue weighted by molar-refractivity contribution is 5.98. The number of hydrogen-bond acceptors (Lipinski definition) is 2. The van der Waals surface area contributed by atoms with Gasteiger partial charge in [0.25, 0.3) is 5.91 Å². The zero-order valence-corrected chi connectivity index (χ0v) is 12.0. The van der Waals surface area contributed by atoms with Crippen molar-refractivity contribution in [3.63, 3.8) is 0 Å². The first kappa shape index (κ1) is 15.2. The Morgan fingerprint density at radius 1 is 1.16 bits per heavy atom. The summed E-state index contributed by atoms with van der Waals surface area (Å²) >= 11 is 0. The Kier molecular flexibility index (Phi) is 5.10. The van der Waals surface area contributed by atoms with Crippen LogP contribution in [0.5, 0.6) is 0 Å². The molecule has 0 saturated carbocycles. The van der Waals surface area contributed by atoms with Crippen molar-refractivity contribution in [2.45, 2.75) is 34.1 Å². The highest BCUT2D eigenvalue weighted by Gasteiger charge is 2.21. The third-order valence-electron chi connectivity index (χ3n) is 3.00. The van der Waals surface area contributed by atoms with Gasteiger partial charge in [0.15, 0.2) is 0 Å². The van der Waals surface area contributed by atoms with Crippen molar-refractivity contribution in [1.82, 2.24) is 4.90 Å². The van der Waals surface area contributed by atoms with Crippen LogP contribution in [0.15, 0.2) is 12.1 Å². The van der Waals surface area contributed by atoms with Crippen LogP contribution in [-0.2, 0) is 4.79 Å². The van der Waals surface area contributed by atoms with Gasteiger partial charge in [-0.3, -0.25) is 9.59 Å². The molecular weight excluding hydrogens is 242 g/mol. The summed E-state index contributed by atoms with van der Waals surface area (Å²) in [5.41, 5.74) is 3.52. The number of aliphatic carboxylic acids is 1. The van der Waals surface area contributed by atoms with E-state index in [0.29, 0.717) is 12.1 Å². The van der Waals surface area contributed by atoms with Crippen molar-refractivity contribution in [2.24, 2.45) is 0 Å². The topological polar surface area (TPSA) is 57.6 Å². The minimum atomic E-state index is -0.982. The fourth-order valence-electron chi connectivity index (χ4n) is 2.36. The van der Waals surface area contributed by atoms with Gasteiger partial charge in [-0.1, -0.05) is 24.6 Å². The Balaban J connectivity index is 3.12. The SMILES string of the molecule is CCCN(CC(=O)O)C(=O)c1c(C)cc(C)cc1C. The van der Waals surface area contributed by atoms with Gasteiger partial charge in [0.1, 0.15) is 6.54 Å². The molecule has 0 aliphatic rings. The number of hydrogen-bond donors (Lipinski definition) is 1. The van der Waals surface area contributed by atoms with Crippen LogP contribution in [0.4, 0.5) is 0 Å². The molecule has 0 aliphatic heterocycles. The third kappa shape index (κ3) is 3.81. The summed E-state index contributed by atoms with van der Waals surface area (Å²) < 4.78 is 0. The van der Waals surface area contributed by atoms with Crippen LogP contribution in [0.1, 0.15) is 40.4 Å². The monoisotopic (exact) mass is 263 g/mol. The standard InChI is InChI=1S/C15H21NO3/c1-5-6-16(9-13(17)18)15(19)14-11(3)7-10(2)8-12(14)4/h7-8H,5-6,9H2,1-4H3,(H,17,18). The number of rotatable bonds is 5. The maximum atomic E-state index is 12.5. The zero-order valence-electron chi connectivity index (χ0n) is 12.0. The van der Waals surface area contributed by atoms with Crippen molar-refractivity contribution >= 4 is 11.9 Å². The Morgan fingerprint density at radius 3 is 2.11 bits per heavy atom. The second-order valence-corrected chi connectivity index (χ2v) is 4.89. The predicted octanol–water partition coefficient (Wildman–Crippen LogP) is 2.55. The average molecular weight is 263 g/mol. The fourth-order valence-corrected chi connectivity index (χ4v) is 2.36. The van der Waals surface area contributed by atoms with Crippen molar-refractivity contribution in [3.8, 4) is 0 Å². The quantitative estimate of drug-likeness (QED) is 0.888. The Hall–Kier alpha value is -1.84. The van der Waals surface area contributed by atoms with E-state index in [0.717, 1.165) is 23.1 Å². The van der Waals surface area contributed by atoms with E-state index in [1.807, 2.05) is 39.8 Å². The van der Waals surface area contributed by atoms with Crippen LogP contribution in [0.2, 0.25) is 0 Å². The zero-order chi connectivity index (χ0) is 14.6. The smallest absolute Gasteiger partial charge is 0.323 e. The van der Waals surface area contributed by atoms with Crippen LogP contribution in [0.25, 0.3) is 0 Å². The van der Waals surface area contributed by atoms with E-state index in [9.17, 15) is 9.59 Å². The van der Waals surface area contributed by atoms with E-state index in [2.05, 4.69) is 0 Å².